The van der Waals surface area contributed by atoms with Crippen molar-refractivity contribution in [3.05, 3.63) is 30.3 Å². The molecule has 2 saturated heterocycles. The second-order valence-electron chi connectivity index (χ2n) is 8.62. The Balaban J connectivity index is 1.43. The minimum Gasteiger partial charge on any atom is -0.365 e. The van der Waals surface area contributed by atoms with Crippen LogP contribution in [0.15, 0.2) is 30.3 Å². The number of thioether (sulfide) groups is 1. The molecule has 0 radical (unpaired) electrons. The maximum atomic E-state index is 12.4. The first-order valence-corrected chi connectivity index (χ1v) is 12.3. The minimum absolute atomic E-state index is 0.0804. The first-order valence-electron chi connectivity index (χ1n) is 10.9. The molecule has 12 heteroatoms. The quantitative estimate of drug-likeness (QED) is 0.395. The summed E-state index contributed by atoms with van der Waals surface area (Å²) in [6, 6.07) is 8.78. The van der Waals surface area contributed by atoms with Crippen LogP contribution in [0.5, 0.6) is 0 Å². The third-order valence-corrected chi connectivity index (χ3v) is 6.28. The predicted molar refractivity (Wildman–Crippen MR) is 120 cm³/mol. The Morgan fingerprint density at radius 3 is 2.67 bits per heavy atom. The van der Waals surface area contributed by atoms with Gasteiger partial charge in [0.25, 0.3) is 5.91 Å². The fourth-order valence-electron chi connectivity index (χ4n) is 4.07. The summed E-state index contributed by atoms with van der Waals surface area (Å²) in [6.45, 7) is 3.84. The highest BCUT2D eigenvalue weighted by molar-refractivity contribution is 7.98. The Bertz CT molecular complexity index is 944. The summed E-state index contributed by atoms with van der Waals surface area (Å²) in [5.74, 6) is -0.123. The number of rotatable bonds is 9. The molecule has 0 spiro atoms. The lowest BCUT2D eigenvalue weighted by molar-refractivity contribution is -0.203. The van der Waals surface area contributed by atoms with Gasteiger partial charge < -0.3 is 19.9 Å². The van der Waals surface area contributed by atoms with Crippen molar-refractivity contribution in [3.63, 3.8) is 0 Å². The molecule has 2 aromatic rings. The molecule has 3 N–H and O–H groups in total. The Kier molecular flexibility index (Phi) is 7.31. The zero-order chi connectivity index (χ0) is 23.6. The second kappa shape index (κ2) is 10.0. The molecule has 0 aliphatic carbocycles. The van der Waals surface area contributed by atoms with Crippen LogP contribution < -0.4 is 5.73 Å². The molecule has 5 atom stereocenters. The van der Waals surface area contributed by atoms with Crippen molar-refractivity contribution in [3.8, 4) is 11.4 Å². The summed E-state index contributed by atoms with van der Waals surface area (Å²) >= 11 is 1.59. The summed E-state index contributed by atoms with van der Waals surface area (Å²) in [5, 5.41) is 23.7. The fraction of sp³-hybridized carbons (Fsp3) is 0.619. The summed E-state index contributed by atoms with van der Waals surface area (Å²) in [7, 11) is 0. The molecular formula is C21H30N6O5S. The van der Waals surface area contributed by atoms with Crippen LogP contribution in [0.2, 0.25) is 0 Å². The highest BCUT2D eigenvalue weighted by Gasteiger charge is 2.55. The lowest BCUT2D eigenvalue weighted by Crippen LogP contribution is -2.47. The zero-order valence-electron chi connectivity index (χ0n) is 18.9. The van der Waals surface area contributed by atoms with Crippen molar-refractivity contribution in [1.82, 2.24) is 25.3 Å². The van der Waals surface area contributed by atoms with Crippen molar-refractivity contribution in [2.24, 2.45) is 5.73 Å². The first kappa shape index (κ1) is 24.0. The molecule has 0 bridgehead atoms. The number of fused-ring (bicyclic) bond motifs is 1. The Morgan fingerprint density at radius 2 is 1.97 bits per heavy atom. The maximum Gasteiger partial charge on any atom is 0.262 e. The number of hydroxylamine groups is 2. The van der Waals surface area contributed by atoms with Gasteiger partial charge in [-0.05, 0) is 37.5 Å². The Morgan fingerprint density at radius 1 is 1.27 bits per heavy atom. The molecular weight excluding hydrogens is 448 g/mol. The van der Waals surface area contributed by atoms with E-state index < -0.39 is 42.2 Å². The van der Waals surface area contributed by atoms with E-state index in [9.17, 15) is 10.0 Å². The Labute approximate surface area is 196 Å². The number of hydrogen-bond donors (Lipinski definition) is 2. The van der Waals surface area contributed by atoms with Crippen LogP contribution in [-0.2, 0) is 25.5 Å². The summed E-state index contributed by atoms with van der Waals surface area (Å²) in [6.07, 6.45) is 0.490. The third kappa shape index (κ3) is 5.53. The SMILES string of the molecule is CSCC[C@H](N)C(=O)N(O)C[C@H]1O[C@@H](Cn2nnc(-c3ccccc3)n2)[C@@H]2OC(C)(C)O[C@@H]21. The van der Waals surface area contributed by atoms with Crippen LogP contribution in [0.1, 0.15) is 20.3 Å². The van der Waals surface area contributed by atoms with E-state index in [0.29, 0.717) is 17.3 Å². The van der Waals surface area contributed by atoms with Gasteiger partial charge in [-0.1, -0.05) is 30.3 Å². The highest BCUT2D eigenvalue weighted by atomic mass is 32.2. The van der Waals surface area contributed by atoms with Crippen LogP contribution in [0.3, 0.4) is 0 Å². The molecule has 11 nitrogen and oxygen atoms in total. The largest absolute Gasteiger partial charge is 0.365 e. The number of nitrogens with two attached hydrogens (primary N) is 1. The van der Waals surface area contributed by atoms with E-state index in [1.807, 2.05) is 50.4 Å². The van der Waals surface area contributed by atoms with Gasteiger partial charge in [0.05, 0.1) is 19.1 Å². The number of ether oxygens (including phenoxy) is 3. The van der Waals surface area contributed by atoms with E-state index in [1.54, 1.807) is 11.8 Å². The molecule has 1 amide bonds. The lowest BCUT2D eigenvalue weighted by Gasteiger charge is -2.26. The molecule has 2 fully saturated rings. The number of nitrogens with zero attached hydrogens (tertiary/aromatic N) is 5. The van der Waals surface area contributed by atoms with E-state index in [-0.39, 0.29) is 13.1 Å². The van der Waals surface area contributed by atoms with Gasteiger partial charge in [-0.15, -0.1) is 10.2 Å². The molecule has 4 rings (SSSR count). The number of amides is 1. The van der Waals surface area contributed by atoms with E-state index in [4.69, 9.17) is 19.9 Å². The maximum absolute atomic E-state index is 12.4. The molecule has 0 unspecified atom stereocenters. The molecule has 2 aliphatic rings. The summed E-state index contributed by atoms with van der Waals surface area (Å²) in [4.78, 5) is 13.9. The predicted octanol–water partition coefficient (Wildman–Crippen LogP) is 0.926. The van der Waals surface area contributed by atoms with Crippen molar-refractivity contribution in [2.45, 2.75) is 63.1 Å². The van der Waals surface area contributed by atoms with Gasteiger partial charge in [-0.25, -0.2) is 5.06 Å². The van der Waals surface area contributed by atoms with Gasteiger partial charge in [0.15, 0.2) is 5.79 Å². The zero-order valence-corrected chi connectivity index (χ0v) is 19.7. The number of aromatic nitrogens is 4. The Hall–Kier alpha value is -2.09. The summed E-state index contributed by atoms with van der Waals surface area (Å²) in [5.41, 5.74) is 6.78. The van der Waals surface area contributed by atoms with Crippen molar-refractivity contribution < 1.29 is 24.2 Å². The molecule has 2 aliphatic heterocycles. The monoisotopic (exact) mass is 478 g/mol. The van der Waals surface area contributed by atoms with Crippen LogP contribution in [0.25, 0.3) is 11.4 Å². The number of tetrazole rings is 1. The van der Waals surface area contributed by atoms with E-state index in [1.165, 1.54) is 4.80 Å². The number of carbonyl (C=O) groups excluding carboxylic acids is 1. The third-order valence-electron chi connectivity index (χ3n) is 5.63. The lowest BCUT2D eigenvalue weighted by atomic mass is 10.1. The average Bonchev–Trinajstić information content (AvgIpc) is 3.47. The average molecular weight is 479 g/mol. The molecule has 33 heavy (non-hydrogen) atoms. The van der Waals surface area contributed by atoms with Crippen molar-refractivity contribution >= 4 is 17.7 Å². The van der Waals surface area contributed by atoms with Crippen LogP contribution in [0.4, 0.5) is 0 Å². The van der Waals surface area contributed by atoms with Crippen LogP contribution >= 0.6 is 11.8 Å². The smallest absolute Gasteiger partial charge is 0.262 e. The molecule has 3 heterocycles. The van der Waals surface area contributed by atoms with Gasteiger partial charge in [0.2, 0.25) is 5.82 Å². The van der Waals surface area contributed by atoms with Crippen molar-refractivity contribution in [2.75, 3.05) is 18.6 Å². The molecule has 0 saturated carbocycles. The van der Waals surface area contributed by atoms with Gasteiger partial charge in [-0.2, -0.15) is 16.6 Å². The number of carbonyl (C=O) groups is 1. The first-order chi connectivity index (χ1) is 15.8. The normalized spacial score (nSPS) is 26.8. The van der Waals surface area contributed by atoms with Gasteiger partial charge >= 0.3 is 0 Å². The molecule has 180 valence electrons. The minimum atomic E-state index is -0.820. The summed E-state index contributed by atoms with van der Waals surface area (Å²) < 4.78 is 18.3. The fourth-order valence-corrected chi connectivity index (χ4v) is 4.56. The highest BCUT2D eigenvalue weighted by Crippen LogP contribution is 2.39. The van der Waals surface area contributed by atoms with E-state index >= 15 is 0 Å². The van der Waals surface area contributed by atoms with Gasteiger partial charge in [0, 0.05) is 5.56 Å². The number of hydrogen-bond acceptors (Lipinski definition) is 10. The van der Waals surface area contributed by atoms with Gasteiger partial charge in [-0.3, -0.25) is 10.0 Å². The topological polar surface area (TPSA) is 138 Å². The second-order valence-corrected chi connectivity index (χ2v) is 9.61. The van der Waals surface area contributed by atoms with Crippen LogP contribution in [-0.4, -0.2) is 91.2 Å². The number of benzene rings is 1. The molecule has 1 aromatic carbocycles. The van der Waals surface area contributed by atoms with Gasteiger partial charge in [0.1, 0.15) is 24.4 Å². The van der Waals surface area contributed by atoms with E-state index in [2.05, 4.69) is 15.4 Å². The molecule has 1 aromatic heterocycles. The standard InChI is InChI=1S/C21H30N6O5S/c1-21(2)31-17-15(11-26(29)20(28)14(22)9-10-33-3)30-16(18(17)32-21)12-27-24-19(23-25-27)13-7-5-4-6-8-13/h4-8,14-18,29H,9-12,22H2,1-3H3/t14-,15+,16-,17+,18-/m0/s1. The van der Waals surface area contributed by atoms with Crippen LogP contribution in [0, 0.1) is 0 Å². The van der Waals surface area contributed by atoms with Crippen molar-refractivity contribution in [1.29, 1.82) is 0 Å². The van der Waals surface area contributed by atoms with E-state index in [0.717, 1.165) is 11.3 Å².